The van der Waals surface area contributed by atoms with Crippen LogP contribution in [0, 0.1) is 0 Å². The van der Waals surface area contributed by atoms with E-state index in [1.165, 1.54) is 11.0 Å². The fraction of sp³-hybridized carbons (Fsp3) is 0.286. The number of nitrogens with one attached hydrogen (secondary N) is 1. The van der Waals surface area contributed by atoms with Crippen LogP contribution in [0.5, 0.6) is 11.5 Å². The van der Waals surface area contributed by atoms with Crippen molar-refractivity contribution in [2.45, 2.75) is 43.7 Å². The van der Waals surface area contributed by atoms with Gasteiger partial charge in [0, 0.05) is 24.2 Å². The third-order valence-electron chi connectivity index (χ3n) is 6.69. The second kappa shape index (κ2) is 11.1. The van der Waals surface area contributed by atoms with E-state index in [0.717, 1.165) is 17.7 Å². The molecule has 1 aliphatic rings. The van der Waals surface area contributed by atoms with Crippen LogP contribution in [0.4, 0.5) is 26.3 Å². The van der Waals surface area contributed by atoms with Crippen LogP contribution in [0.25, 0.3) is 0 Å². The topological polar surface area (TPSA) is 89.9 Å². The number of alkyl halides is 6. The lowest BCUT2D eigenvalue weighted by Crippen LogP contribution is -2.52. The molecule has 1 heterocycles. The number of phenols is 2. The maximum Gasteiger partial charge on any atom is 0.416 e. The van der Waals surface area contributed by atoms with Gasteiger partial charge in [-0.2, -0.15) is 26.3 Å². The van der Waals surface area contributed by atoms with Gasteiger partial charge in [-0.3, -0.25) is 9.59 Å². The number of likely N-dealkylation sites (tertiary alicyclic amines) is 1. The van der Waals surface area contributed by atoms with E-state index >= 15 is 0 Å². The number of carbonyl (C=O) groups excluding carboxylic acids is 2. The fourth-order valence-electron chi connectivity index (χ4n) is 4.74. The van der Waals surface area contributed by atoms with Gasteiger partial charge in [-0.25, -0.2) is 0 Å². The predicted molar refractivity (Wildman–Crippen MR) is 132 cm³/mol. The van der Waals surface area contributed by atoms with E-state index in [1.54, 1.807) is 30.3 Å². The molecule has 0 bridgehead atoms. The first-order chi connectivity index (χ1) is 18.7. The molecule has 3 N–H and O–H groups in total. The molecule has 0 aliphatic carbocycles. The van der Waals surface area contributed by atoms with Gasteiger partial charge in [0.25, 0.3) is 11.8 Å². The molecule has 4 rings (SSSR count). The van der Waals surface area contributed by atoms with E-state index in [-0.39, 0.29) is 48.9 Å². The molecular weight excluding hydrogens is 542 g/mol. The molecule has 1 aliphatic heterocycles. The number of nitrogens with zero attached hydrogens (tertiary/aromatic N) is 1. The maximum atomic E-state index is 13.4. The predicted octanol–water partition coefficient (Wildman–Crippen LogP) is 5.78. The van der Waals surface area contributed by atoms with Crippen LogP contribution in [0.15, 0.2) is 66.7 Å². The Kier molecular flexibility index (Phi) is 7.99. The number of amides is 2. The first-order valence-corrected chi connectivity index (χ1v) is 12.2. The van der Waals surface area contributed by atoms with E-state index in [2.05, 4.69) is 5.32 Å². The number of halogens is 6. The Morgan fingerprint density at radius 3 is 2.10 bits per heavy atom. The molecule has 2 unspecified atom stereocenters. The quantitative estimate of drug-likeness (QED) is 0.270. The summed E-state index contributed by atoms with van der Waals surface area (Å²) >= 11 is 0. The van der Waals surface area contributed by atoms with Crippen LogP contribution < -0.4 is 5.32 Å². The minimum absolute atomic E-state index is 0.0310. The average Bonchev–Trinajstić information content (AvgIpc) is 2.89. The van der Waals surface area contributed by atoms with Crippen LogP contribution >= 0.6 is 0 Å². The van der Waals surface area contributed by atoms with Crippen LogP contribution in [0.1, 0.15) is 50.2 Å². The van der Waals surface area contributed by atoms with Crippen molar-refractivity contribution in [3.05, 3.63) is 94.5 Å². The van der Waals surface area contributed by atoms with Gasteiger partial charge in [0.15, 0.2) is 0 Å². The van der Waals surface area contributed by atoms with Gasteiger partial charge in [0.05, 0.1) is 16.7 Å². The summed E-state index contributed by atoms with van der Waals surface area (Å²) in [6.07, 6.45) is -9.70. The minimum atomic E-state index is -5.10. The third-order valence-corrected chi connectivity index (χ3v) is 6.69. The van der Waals surface area contributed by atoms with Crippen molar-refractivity contribution in [3.63, 3.8) is 0 Å². The van der Waals surface area contributed by atoms with Crippen molar-refractivity contribution in [2.75, 3.05) is 6.54 Å². The monoisotopic (exact) mass is 566 g/mol. The van der Waals surface area contributed by atoms with Crippen molar-refractivity contribution in [1.82, 2.24) is 10.2 Å². The van der Waals surface area contributed by atoms with Crippen LogP contribution in [-0.2, 0) is 18.8 Å². The van der Waals surface area contributed by atoms with E-state index in [4.69, 9.17) is 0 Å². The van der Waals surface area contributed by atoms with Crippen molar-refractivity contribution in [3.8, 4) is 11.5 Å². The van der Waals surface area contributed by atoms with Gasteiger partial charge < -0.3 is 20.4 Å². The van der Waals surface area contributed by atoms with Gasteiger partial charge in [-0.15, -0.1) is 0 Å². The summed E-state index contributed by atoms with van der Waals surface area (Å²) < 4.78 is 80.4. The molecule has 12 heteroatoms. The molecule has 0 spiro atoms. The highest BCUT2D eigenvalue weighted by molar-refractivity contribution is 5.97. The number of hydrogen-bond acceptors (Lipinski definition) is 4. The lowest BCUT2D eigenvalue weighted by molar-refractivity contribution is -0.143. The number of phenolic OH excluding ortho intramolecular Hbond substituents is 2. The average molecular weight is 566 g/mol. The highest BCUT2D eigenvalue weighted by atomic mass is 19.4. The summed E-state index contributed by atoms with van der Waals surface area (Å²) in [5.74, 6) is -2.30. The van der Waals surface area contributed by atoms with Crippen molar-refractivity contribution in [1.29, 1.82) is 0 Å². The Morgan fingerprint density at radius 1 is 0.875 bits per heavy atom. The van der Waals surface area contributed by atoms with Crippen molar-refractivity contribution < 1.29 is 46.1 Å². The third kappa shape index (κ3) is 6.67. The van der Waals surface area contributed by atoms with Crippen molar-refractivity contribution in [2.24, 2.45) is 0 Å². The fourth-order valence-corrected chi connectivity index (χ4v) is 4.74. The molecule has 3 aromatic rings. The summed E-state index contributed by atoms with van der Waals surface area (Å²) in [4.78, 5) is 27.4. The molecule has 0 aromatic heterocycles. The Morgan fingerprint density at radius 2 is 1.50 bits per heavy atom. The summed E-state index contributed by atoms with van der Waals surface area (Å²) in [5, 5.41) is 22.4. The number of benzene rings is 3. The lowest BCUT2D eigenvalue weighted by Gasteiger charge is -2.40. The Labute approximate surface area is 224 Å². The van der Waals surface area contributed by atoms with E-state index < -0.39 is 52.9 Å². The summed E-state index contributed by atoms with van der Waals surface area (Å²) in [6.45, 7) is -0.0646. The van der Waals surface area contributed by atoms with Crippen LogP contribution in [-0.4, -0.2) is 45.6 Å². The Balaban J connectivity index is 1.63. The molecule has 2 atom stereocenters. The standard InChI is InChI=1S/C28H24F6N2O4/c29-27(30,31)18-11-17(12-19(13-18)28(32,33)34)26(40)36-9-8-20(14-21(36)10-16-4-2-1-3-5-16)35-25(39)23-15-22(37)6-7-24(23)38/h1-7,11-13,15,20-21,37-38H,8-10,14H2,(H,35,39). The normalized spacial score (nSPS) is 17.9. The second-order valence-corrected chi connectivity index (χ2v) is 9.53. The highest BCUT2D eigenvalue weighted by Gasteiger charge is 2.39. The molecule has 3 aromatic carbocycles. The van der Waals surface area contributed by atoms with E-state index in [9.17, 15) is 46.1 Å². The largest absolute Gasteiger partial charge is 0.508 e. The smallest absolute Gasteiger partial charge is 0.416 e. The first kappa shape index (κ1) is 28.8. The molecule has 212 valence electrons. The van der Waals surface area contributed by atoms with Crippen LogP contribution in [0.2, 0.25) is 0 Å². The number of piperidine rings is 1. The molecule has 0 saturated carbocycles. The molecule has 1 saturated heterocycles. The van der Waals surface area contributed by atoms with Gasteiger partial charge in [-0.1, -0.05) is 30.3 Å². The Bertz CT molecular complexity index is 1360. The zero-order chi connectivity index (χ0) is 29.2. The molecule has 2 amide bonds. The summed E-state index contributed by atoms with van der Waals surface area (Å²) in [5.41, 5.74) is -3.33. The van der Waals surface area contributed by atoms with Gasteiger partial charge in [0.2, 0.25) is 0 Å². The number of hydrogen-bond donors (Lipinski definition) is 3. The minimum Gasteiger partial charge on any atom is -0.508 e. The first-order valence-electron chi connectivity index (χ1n) is 12.2. The zero-order valence-corrected chi connectivity index (χ0v) is 20.8. The van der Waals surface area contributed by atoms with E-state index in [0.29, 0.717) is 12.1 Å². The van der Waals surface area contributed by atoms with Crippen LogP contribution in [0.3, 0.4) is 0 Å². The van der Waals surface area contributed by atoms with Crippen molar-refractivity contribution >= 4 is 11.8 Å². The lowest BCUT2D eigenvalue weighted by atomic mass is 9.91. The van der Waals surface area contributed by atoms with Gasteiger partial charge in [-0.05, 0) is 61.2 Å². The van der Waals surface area contributed by atoms with E-state index in [1.807, 2.05) is 0 Å². The number of aromatic hydroxyl groups is 2. The summed E-state index contributed by atoms with van der Waals surface area (Å²) in [6, 6.07) is 11.8. The number of carbonyl (C=O) groups is 2. The molecule has 40 heavy (non-hydrogen) atoms. The Hall–Kier alpha value is -4.22. The summed E-state index contributed by atoms with van der Waals surface area (Å²) in [7, 11) is 0. The maximum absolute atomic E-state index is 13.4. The van der Waals surface area contributed by atoms with Gasteiger partial charge in [0.1, 0.15) is 11.5 Å². The zero-order valence-electron chi connectivity index (χ0n) is 20.8. The molecule has 6 nitrogen and oxygen atoms in total. The molecular formula is C28H24F6N2O4. The molecule has 1 fully saturated rings. The molecule has 0 radical (unpaired) electrons. The SMILES string of the molecule is O=C(NC1CCN(C(=O)c2cc(C(F)(F)F)cc(C(F)(F)F)c2)C(Cc2ccccc2)C1)c1cc(O)ccc1O. The van der Waals surface area contributed by atoms with Gasteiger partial charge >= 0.3 is 12.4 Å². The number of rotatable bonds is 5. The highest BCUT2D eigenvalue weighted by Crippen LogP contribution is 2.37. The second-order valence-electron chi connectivity index (χ2n) is 9.53.